The van der Waals surface area contributed by atoms with E-state index in [-0.39, 0.29) is 17.2 Å². The Kier molecular flexibility index (Phi) is 4.64. The van der Waals surface area contributed by atoms with Crippen molar-refractivity contribution in [2.45, 2.75) is 18.8 Å². The van der Waals surface area contributed by atoms with Crippen molar-refractivity contribution in [1.29, 1.82) is 0 Å². The molecule has 2 aromatic rings. The van der Waals surface area contributed by atoms with Gasteiger partial charge in [-0.15, -0.1) is 8.78 Å². The van der Waals surface area contributed by atoms with E-state index in [1.807, 2.05) is 0 Å². The molecule has 1 saturated heterocycles. The third kappa shape index (κ3) is 3.56. The molecule has 30 heavy (non-hydrogen) atoms. The molecule has 8 nitrogen and oxygen atoms in total. The number of nitrogens with zero attached hydrogens (tertiary/aromatic N) is 1. The SMILES string of the molecule is C[C@@]1(c2cccc(Br)c2)NC(=O)N(CC(=O)Nc2ccc3c(c2)OC(F)(F)O3)C1=O. The maximum absolute atomic E-state index is 13.1. The molecule has 4 rings (SSSR count). The molecule has 1 atom stereocenters. The Balaban J connectivity index is 1.46. The van der Waals surface area contributed by atoms with E-state index in [1.165, 1.54) is 12.1 Å². The molecule has 2 N–H and O–H groups in total. The van der Waals surface area contributed by atoms with Crippen molar-refractivity contribution in [3.63, 3.8) is 0 Å². The van der Waals surface area contributed by atoms with Crippen LogP contribution < -0.4 is 20.1 Å². The summed E-state index contributed by atoms with van der Waals surface area (Å²) in [6, 6.07) is 9.87. The van der Waals surface area contributed by atoms with Crippen molar-refractivity contribution >= 4 is 39.5 Å². The lowest BCUT2D eigenvalue weighted by molar-refractivity contribution is -0.286. The zero-order valence-electron chi connectivity index (χ0n) is 15.4. The Labute approximate surface area is 177 Å². The van der Waals surface area contributed by atoms with Crippen molar-refractivity contribution in [2.24, 2.45) is 0 Å². The van der Waals surface area contributed by atoms with Gasteiger partial charge in [-0.25, -0.2) is 4.79 Å². The lowest BCUT2D eigenvalue weighted by atomic mass is 9.92. The Morgan fingerprint density at radius 2 is 1.90 bits per heavy atom. The van der Waals surface area contributed by atoms with E-state index in [4.69, 9.17) is 0 Å². The number of carbonyl (C=O) groups excluding carboxylic acids is 3. The Bertz CT molecular complexity index is 1080. The van der Waals surface area contributed by atoms with Gasteiger partial charge in [-0.05, 0) is 36.8 Å². The normalized spacial score (nSPS) is 21.5. The van der Waals surface area contributed by atoms with Crippen LogP contribution in [0.5, 0.6) is 11.5 Å². The average molecular weight is 482 g/mol. The third-order valence-electron chi connectivity index (χ3n) is 4.66. The third-order valence-corrected chi connectivity index (χ3v) is 5.16. The van der Waals surface area contributed by atoms with Gasteiger partial charge in [0, 0.05) is 16.2 Å². The van der Waals surface area contributed by atoms with Gasteiger partial charge in [0.25, 0.3) is 5.91 Å². The van der Waals surface area contributed by atoms with Gasteiger partial charge >= 0.3 is 12.3 Å². The number of hydrogen-bond donors (Lipinski definition) is 2. The first kappa shape index (κ1) is 20.1. The minimum Gasteiger partial charge on any atom is -0.395 e. The molecule has 0 bridgehead atoms. The number of imide groups is 1. The number of urea groups is 1. The van der Waals surface area contributed by atoms with E-state index in [9.17, 15) is 23.2 Å². The molecule has 2 heterocycles. The molecule has 11 heteroatoms. The van der Waals surface area contributed by atoms with E-state index < -0.39 is 36.2 Å². The van der Waals surface area contributed by atoms with Gasteiger partial charge in [-0.1, -0.05) is 28.1 Å². The lowest BCUT2D eigenvalue weighted by Gasteiger charge is -2.22. The minimum absolute atomic E-state index is 0.141. The van der Waals surface area contributed by atoms with Gasteiger partial charge < -0.3 is 20.1 Å². The number of halogens is 3. The lowest BCUT2D eigenvalue weighted by Crippen LogP contribution is -2.42. The zero-order valence-corrected chi connectivity index (χ0v) is 17.0. The first-order chi connectivity index (χ1) is 14.1. The quantitative estimate of drug-likeness (QED) is 0.653. The highest BCUT2D eigenvalue weighted by Gasteiger charge is 2.49. The summed E-state index contributed by atoms with van der Waals surface area (Å²) >= 11 is 3.32. The van der Waals surface area contributed by atoms with E-state index in [0.717, 1.165) is 15.4 Å². The predicted octanol–water partition coefficient (Wildman–Crippen LogP) is 3.18. The Morgan fingerprint density at radius 3 is 2.63 bits per heavy atom. The Hall–Kier alpha value is -3.21. The summed E-state index contributed by atoms with van der Waals surface area (Å²) < 4.78 is 35.6. The van der Waals surface area contributed by atoms with Gasteiger partial charge in [0.1, 0.15) is 12.1 Å². The van der Waals surface area contributed by atoms with Crippen LogP contribution in [-0.2, 0) is 15.1 Å². The summed E-state index contributed by atoms with van der Waals surface area (Å²) in [7, 11) is 0. The van der Waals surface area contributed by atoms with Crippen LogP contribution >= 0.6 is 15.9 Å². The standard InChI is InChI=1S/C19H14BrF2N3O5/c1-18(10-3-2-4-11(20)7-10)16(27)25(17(28)24-18)9-15(26)23-12-5-6-13-14(8-12)30-19(21,22)29-13/h2-8H,9H2,1H3,(H,23,26)(H,24,28)/t18-/m0/s1. The number of hydrogen-bond acceptors (Lipinski definition) is 5. The second kappa shape index (κ2) is 6.94. The summed E-state index contributed by atoms with van der Waals surface area (Å²) in [5, 5.41) is 5.05. The molecule has 2 aromatic carbocycles. The van der Waals surface area contributed by atoms with Crippen molar-refractivity contribution in [2.75, 3.05) is 11.9 Å². The summed E-state index contributed by atoms with van der Waals surface area (Å²) in [6.07, 6.45) is -3.78. The van der Waals surface area contributed by atoms with E-state index >= 15 is 0 Å². The van der Waals surface area contributed by atoms with Crippen LogP contribution in [-0.4, -0.2) is 35.6 Å². The van der Waals surface area contributed by atoms with Gasteiger partial charge in [-0.3, -0.25) is 14.5 Å². The number of amides is 4. The molecule has 4 amide bonds. The maximum Gasteiger partial charge on any atom is 0.586 e. The molecule has 0 radical (unpaired) electrons. The fourth-order valence-corrected chi connectivity index (χ4v) is 3.61. The monoisotopic (exact) mass is 481 g/mol. The van der Waals surface area contributed by atoms with Gasteiger partial charge in [0.05, 0.1) is 0 Å². The fraction of sp³-hybridized carbons (Fsp3) is 0.211. The molecular weight excluding hydrogens is 468 g/mol. The zero-order chi connectivity index (χ0) is 21.7. The number of nitrogens with one attached hydrogen (secondary N) is 2. The molecule has 2 aliphatic rings. The summed E-state index contributed by atoms with van der Waals surface area (Å²) in [5.74, 6) is -1.69. The number of rotatable bonds is 4. The molecule has 0 saturated carbocycles. The van der Waals surface area contributed by atoms with Crippen molar-refractivity contribution in [3.8, 4) is 11.5 Å². The van der Waals surface area contributed by atoms with Gasteiger partial charge in [0.15, 0.2) is 11.5 Å². The molecule has 156 valence electrons. The molecule has 0 spiro atoms. The molecule has 2 aliphatic heterocycles. The highest BCUT2D eigenvalue weighted by molar-refractivity contribution is 9.10. The molecular formula is C19H14BrF2N3O5. The molecule has 0 aliphatic carbocycles. The number of benzene rings is 2. The van der Waals surface area contributed by atoms with E-state index in [0.29, 0.717) is 5.56 Å². The van der Waals surface area contributed by atoms with Crippen LogP contribution in [0.25, 0.3) is 0 Å². The first-order valence-electron chi connectivity index (χ1n) is 8.67. The van der Waals surface area contributed by atoms with E-state index in [2.05, 4.69) is 36.0 Å². The second-order valence-electron chi connectivity index (χ2n) is 6.83. The van der Waals surface area contributed by atoms with Crippen molar-refractivity contribution in [1.82, 2.24) is 10.2 Å². The predicted molar refractivity (Wildman–Crippen MR) is 103 cm³/mol. The average Bonchev–Trinajstić information content (AvgIpc) is 3.08. The summed E-state index contributed by atoms with van der Waals surface area (Å²) in [5.41, 5.74) is -0.637. The second-order valence-corrected chi connectivity index (χ2v) is 7.75. The molecule has 0 unspecified atom stereocenters. The van der Waals surface area contributed by atoms with Crippen LogP contribution in [0.4, 0.5) is 19.3 Å². The molecule has 1 fully saturated rings. The Morgan fingerprint density at radius 1 is 1.17 bits per heavy atom. The van der Waals surface area contributed by atoms with Crippen molar-refractivity contribution < 1.29 is 32.6 Å². The van der Waals surface area contributed by atoms with Crippen molar-refractivity contribution in [3.05, 3.63) is 52.5 Å². The van der Waals surface area contributed by atoms with Crippen LogP contribution in [0.2, 0.25) is 0 Å². The number of alkyl halides is 2. The van der Waals surface area contributed by atoms with E-state index in [1.54, 1.807) is 31.2 Å². The smallest absolute Gasteiger partial charge is 0.395 e. The van der Waals surface area contributed by atoms with Gasteiger partial charge in [-0.2, -0.15) is 0 Å². The fourth-order valence-electron chi connectivity index (χ4n) is 3.21. The summed E-state index contributed by atoms with van der Waals surface area (Å²) in [4.78, 5) is 38.4. The van der Waals surface area contributed by atoms with Crippen LogP contribution in [0.1, 0.15) is 12.5 Å². The van der Waals surface area contributed by atoms with Crippen LogP contribution in [0, 0.1) is 0 Å². The topological polar surface area (TPSA) is 97.0 Å². The maximum atomic E-state index is 13.1. The van der Waals surface area contributed by atoms with Crippen LogP contribution in [0.3, 0.4) is 0 Å². The minimum atomic E-state index is -3.78. The highest BCUT2D eigenvalue weighted by atomic mass is 79.9. The number of ether oxygens (including phenoxy) is 2. The largest absolute Gasteiger partial charge is 0.586 e. The van der Waals surface area contributed by atoms with Crippen LogP contribution in [0.15, 0.2) is 46.9 Å². The number of fused-ring (bicyclic) bond motifs is 1. The first-order valence-corrected chi connectivity index (χ1v) is 9.47. The number of anilines is 1. The summed E-state index contributed by atoms with van der Waals surface area (Å²) in [6.45, 7) is 0.990. The number of carbonyl (C=O) groups is 3. The highest BCUT2D eigenvalue weighted by Crippen LogP contribution is 2.42. The van der Waals surface area contributed by atoms with Gasteiger partial charge in [0.2, 0.25) is 5.91 Å². The molecule has 0 aromatic heterocycles.